The maximum Gasteiger partial charge on any atom is 0.265 e. The summed E-state index contributed by atoms with van der Waals surface area (Å²) < 4.78 is 35.7. The zero-order valence-corrected chi connectivity index (χ0v) is 25.9. The lowest BCUT2D eigenvalue weighted by Crippen LogP contribution is -2.54. The van der Waals surface area contributed by atoms with Crippen LogP contribution in [0.2, 0.25) is 0 Å². The van der Waals surface area contributed by atoms with Crippen LogP contribution in [-0.2, 0) is 25.8 Å². The van der Waals surface area contributed by atoms with E-state index in [2.05, 4.69) is 51.8 Å². The van der Waals surface area contributed by atoms with Crippen molar-refractivity contribution < 1.29 is 27.9 Å². The van der Waals surface area contributed by atoms with E-state index < -0.39 is 20.5 Å². The molecule has 1 saturated heterocycles. The van der Waals surface area contributed by atoms with E-state index in [-0.39, 0.29) is 31.0 Å². The highest BCUT2D eigenvalue weighted by atomic mass is 32.2. The first kappa shape index (κ1) is 33.7. The van der Waals surface area contributed by atoms with Crippen LogP contribution in [0.4, 0.5) is 0 Å². The number of ether oxygens (including phenoxy) is 2. The van der Waals surface area contributed by atoms with Gasteiger partial charge in [-0.2, -0.15) is 0 Å². The Balaban J connectivity index is 0.000000611. The number of hydrogen-bond donors (Lipinski definition) is 2. The summed E-state index contributed by atoms with van der Waals surface area (Å²) in [6.45, 7) is 13.3. The number of hydrogen-bond acceptors (Lipinski definition) is 7. The Hall–Kier alpha value is -2.46. The average Bonchev–Trinajstić information content (AvgIpc) is 3.44. The van der Waals surface area contributed by atoms with Crippen LogP contribution in [0, 0.1) is 0 Å². The quantitative estimate of drug-likeness (QED) is 0.112. The zero-order chi connectivity index (χ0) is 29.6. The Bertz CT molecular complexity index is 1190. The maximum atomic E-state index is 13.2. The molecule has 1 aromatic heterocycles. The van der Waals surface area contributed by atoms with E-state index in [4.69, 9.17) is 14.7 Å². The Labute approximate surface area is 244 Å². The van der Waals surface area contributed by atoms with Gasteiger partial charge in [0, 0.05) is 18.1 Å². The number of nitrogens with one attached hydrogen (secondary N) is 1. The van der Waals surface area contributed by atoms with Gasteiger partial charge in [-0.05, 0) is 92.6 Å². The van der Waals surface area contributed by atoms with E-state index in [9.17, 15) is 13.2 Å². The molecule has 1 fully saturated rings. The fourth-order valence-corrected chi connectivity index (χ4v) is 7.52. The largest absolute Gasteiger partial charge is 0.494 e. The van der Waals surface area contributed by atoms with Gasteiger partial charge in [-0.3, -0.25) is 10.0 Å². The molecule has 2 N–H and O–H groups in total. The fraction of sp³-hybridized carbons (Fsp3) is 0.516. The van der Waals surface area contributed by atoms with Crippen molar-refractivity contribution in [1.82, 2.24) is 5.48 Å². The van der Waals surface area contributed by atoms with Crippen molar-refractivity contribution in [3.05, 3.63) is 70.5 Å². The monoisotopic (exact) mass is 591 g/mol. The number of carbonyl (C=O) groups excluding carboxylic acids is 1. The molecule has 2 aromatic rings. The highest BCUT2D eigenvalue weighted by Gasteiger charge is 2.52. The number of carbonyl (C=O) groups is 1. The van der Waals surface area contributed by atoms with Crippen LogP contribution < -0.4 is 10.2 Å². The summed E-state index contributed by atoms with van der Waals surface area (Å²) in [6, 6.07) is 8.26. The summed E-state index contributed by atoms with van der Waals surface area (Å²) in [4.78, 5) is 13.6. The lowest BCUT2D eigenvalue weighted by molar-refractivity contribution is -0.134. The second kappa shape index (κ2) is 16.7. The molecule has 1 amide bonds. The van der Waals surface area contributed by atoms with Crippen molar-refractivity contribution >= 4 is 27.1 Å². The van der Waals surface area contributed by atoms with Crippen molar-refractivity contribution in [2.24, 2.45) is 0 Å². The third-order valence-corrected chi connectivity index (χ3v) is 10.6. The van der Waals surface area contributed by atoms with E-state index in [1.807, 2.05) is 6.08 Å². The predicted molar refractivity (Wildman–Crippen MR) is 162 cm³/mol. The Morgan fingerprint density at radius 2 is 1.93 bits per heavy atom. The zero-order valence-electron chi connectivity index (χ0n) is 24.3. The summed E-state index contributed by atoms with van der Waals surface area (Å²) >= 11 is 1.73. The van der Waals surface area contributed by atoms with Gasteiger partial charge in [0.05, 0.1) is 11.5 Å². The Kier molecular flexibility index (Phi) is 14.1. The molecule has 1 aromatic carbocycles. The van der Waals surface area contributed by atoms with Crippen molar-refractivity contribution in [2.45, 2.75) is 88.2 Å². The number of rotatable bonds is 13. The van der Waals surface area contributed by atoms with Crippen LogP contribution in [0.3, 0.4) is 0 Å². The molecule has 0 saturated carbocycles. The average molecular weight is 592 g/mol. The van der Waals surface area contributed by atoms with Gasteiger partial charge >= 0.3 is 0 Å². The number of benzene rings is 1. The minimum Gasteiger partial charge on any atom is -0.494 e. The molecule has 2 heterocycles. The predicted octanol–water partition coefficient (Wildman–Crippen LogP) is 7.02. The third kappa shape index (κ3) is 9.03. The maximum absolute atomic E-state index is 13.2. The highest BCUT2D eigenvalue weighted by molar-refractivity contribution is 7.93. The number of allylic oxidation sites excluding steroid dienone is 3. The van der Waals surface area contributed by atoms with E-state index >= 15 is 0 Å². The van der Waals surface area contributed by atoms with Crippen LogP contribution >= 0.6 is 11.3 Å². The topological polar surface area (TPSA) is 102 Å². The first-order chi connectivity index (χ1) is 19.1. The second-order valence-electron chi connectivity index (χ2n) is 10.1. The SMILES string of the molecule is C=CC(C)c1csc(CCCOc2ccc(S(=O)(=O)C3(C(=O)NO)CCOCC3)cc2)c1.CC/C=C(/C)CCC. The minimum atomic E-state index is -4.03. The van der Waals surface area contributed by atoms with Gasteiger partial charge in [-0.25, -0.2) is 13.9 Å². The molecule has 0 aliphatic carbocycles. The van der Waals surface area contributed by atoms with Gasteiger partial charge in [-0.1, -0.05) is 44.9 Å². The molecule has 222 valence electrons. The summed E-state index contributed by atoms with van der Waals surface area (Å²) in [5.41, 5.74) is 4.33. The third-order valence-electron chi connectivity index (χ3n) is 7.05. The molecule has 1 atom stereocenters. The molecule has 0 spiro atoms. The van der Waals surface area contributed by atoms with Crippen LogP contribution in [0.25, 0.3) is 0 Å². The Morgan fingerprint density at radius 1 is 1.25 bits per heavy atom. The van der Waals surface area contributed by atoms with Crippen molar-refractivity contribution in [1.29, 1.82) is 0 Å². The van der Waals surface area contributed by atoms with Crippen LogP contribution in [0.5, 0.6) is 5.75 Å². The smallest absolute Gasteiger partial charge is 0.265 e. The van der Waals surface area contributed by atoms with Gasteiger partial charge in [0.1, 0.15) is 5.75 Å². The molecular formula is C31H45NO6S2. The summed E-state index contributed by atoms with van der Waals surface area (Å²) in [5, 5.41) is 11.3. The van der Waals surface area contributed by atoms with Crippen LogP contribution in [0.1, 0.15) is 82.6 Å². The Morgan fingerprint density at radius 3 is 2.50 bits per heavy atom. The van der Waals surface area contributed by atoms with Gasteiger partial charge < -0.3 is 9.47 Å². The second-order valence-corrected chi connectivity index (χ2v) is 13.3. The normalized spacial score (nSPS) is 15.9. The molecule has 1 aliphatic rings. The number of amides is 1. The van der Waals surface area contributed by atoms with Gasteiger partial charge in [-0.15, -0.1) is 17.9 Å². The summed E-state index contributed by atoms with van der Waals surface area (Å²) in [7, 11) is -4.03. The van der Waals surface area contributed by atoms with E-state index in [0.717, 1.165) is 12.8 Å². The van der Waals surface area contributed by atoms with Crippen molar-refractivity contribution in [2.75, 3.05) is 19.8 Å². The van der Waals surface area contributed by atoms with E-state index in [0.29, 0.717) is 18.3 Å². The van der Waals surface area contributed by atoms with E-state index in [1.165, 1.54) is 52.9 Å². The van der Waals surface area contributed by atoms with Gasteiger partial charge in [0.2, 0.25) is 0 Å². The molecule has 1 aliphatic heterocycles. The summed E-state index contributed by atoms with van der Waals surface area (Å²) in [5.74, 6) is -0.0288. The molecule has 0 radical (unpaired) electrons. The molecule has 40 heavy (non-hydrogen) atoms. The number of aryl methyl sites for hydroxylation is 1. The van der Waals surface area contributed by atoms with Gasteiger partial charge in [0.25, 0.3) is 5.91 Å². The molecule has 7 nitrogen and oxygen atoms in total. The molecule has 1 unspecified atom stereocenters. The first-order valence-corrected chi connectivity index (χ1v) is 16.4. The van der Waals surface area contributed by atoms with Crippen LogP contribution in [-0.4, -0.2) is 44.1 Å². The van der Waals surface area contributed by atoms with Gasteiger partial charge in [0.15, 0.2) is 14.6 Å². The number of sulfone groups is 1. The highest BCUT2D eigenvalue weighted by Crippen LogP contribution is 2.36. The molecular weight excluding hydrogens is 546 g/mol. The summed E-state index contributed by atoms with van der Waals surface area (Å²) in [6.07, 6.45) is 9.67. The first-order valence-electron chi connectivity index (χ1n) is 14.0. The van der Waals surface area contributed by atoms with Crippen LogP contribution in [0.15, 0.2) is 64.9 Å². The lowest BCUT2D eigenvalue weighted by atomic mass is 9.98. The molecule has 0 bridgehead atoms. The van der Waals surface area contributed by atoms with E-state index in [1.54, 1.807) is 23.5 Å². The number of thiophene rings is 1. The number of hydroxylamine groups is 1. The molecule has 9 heteroatoms. The minimum absolute atomic E-state index is 0.0119. The van der Waals surface area contributed by atoms with Crippen molar-refractivity contribution in [3.8, 4) is 5.75 Å². The molecule has 3 rings (SSSR count). The lowest BCUT2D eigenvalue weighted by Gasteiger charge is -2.34. The standard InChI is InChI=1S/C23H29NO6S2.C8H16/c1-3-17(2)18-15-20(31-16-18)5-4-12-30-19-6-8-21(9-7-19)32(27,28)23(22(25)24-26)10-13-29-14-11-23;1-4-6-8(3)7-5-2/h3,6-9,15-17,26H,1,4-5,10-14H2,2H3,(H,24,25);6H,4-5,7H2,1-3H3/b;8-6-. The van der Waals surface area contributed by atoms with Crippen molar-refractivity contribution in [3.63, 3.8) is 0 Å². The fourth-order valence-electron chi connectivity index (χ4n) is 4.55.